The third kappa shape index (κ3) is 5.02. The first kappa shape index (κ1) is 18.3. The molecule has 5 nitrogen and oxygen atoms in total. The van der Waals surface area contributed by atoms with Gasteiger partial charge in [-0.25, -0.2) is 4.39 Å². The number of halogens is 1. The van der Waals surface area contributed by atoms with Gasteiger partial charge in [0.15, 0.2) is 6.10 Å². The predicted molar refractivity (Wildman–Crippen MR) is 95.1 cm³/mol. The number of pyridine rings is 1. The Bertz CT molecular complexity index is 720. The fraction of sp³-hybridized carbons (Fsp3) is 0.400. The van der Waals surface area contributed by atoms with Crippen molar-refractivity contribution in [3.8, 4) is 5.75 Å². The predicted octanol–water partition coefficient (Wildman–Crippen LogP) is 3.20. The molecule has 1 saturated heterocycles. The molecule has 1 aliphatic rings. The number of rotatable bonds is 7. The average molecular weight is 358 g/mol. The summed E-state index contributed by atoms with van der Waals surface area (Å²) in [6, 6.07) is 9.58. The van der Waals surface area contributed by atoms with Crippen molar-refractivity contribution in [1.82, 2.24) is 9.88 Å². The lowest BCUT2D eigenvalue weighted by Crippen LogP contribution is -2.43. The Kier molecular flexibility index (Phi) is 6.17. The molecule has 1 fully saturated rings. The summed E-state index contributed by atoms with van der Waals surface area (Å²) in [7, 11) is 0. The van der Waals surface area contributed by atoms with Gasteiger partial charge in [0, 0.05) is 38.2 Å². The van der Waals surface area contributed by atoms with E-state index in [1.807, 2.05) is 12.1 Å². The number of carbonyl (C=O) groups is 1. The highest BCUT2D eigenvalue weighted by Gasteiger charge is 2.27. The van der Waals surface area contributed by atoms with E-state index in [9.17, 15) is 9.18 Å². The number of nitrogens with zero attached hydrogens (tertiary/aromatic N) is 2. The van der Waals surface area contributed by atoms with Crippen molar-refractivity contribution >= 4 is 5.91 Å². The molecular formula is C20H23FN2O3. The van der Waals surface area contributed by atoms with Crippen molar-refractivity contribution in [2.24, 2.45) is 0 Å². The maximum Gasteiger partial charge on any atom is 0.263 e. The first-order valence-corrected chi connectivity index (χ1v) is 8.83. The van der Waals surface area contributed by atoms with E-state index in [2.05, 4.69) is 4.98 Å². The maximum atomic E-state index is 13.3. The lowest BCUT2D eigenvalue weighted by molar-refractivity contribution is -0.140. The summed E-state index contributed by atoms with van der Waals surface area (Å²) in [6.07, 6.45) is 4.70. The summed E-state index contributed by atoms with van der Waals surface area (Å²) in [4.78, 5) is 18.8. The second kappa shape index (κ2) is 8.76. The normalized spacial score (nSPS) is 17.7. The smallest absolute Gasteiger partial charge is 0.263 e. The van der Waals surface area contributed by atoms with Gasteiger partial charge in [-0.2, -0.15) is 0 Å². The van der Waals surface area contributed by atoms with Gasteiger partial charge in [0.1, 0.15) is 11.6 Å². The Morgan fingerprint density at radius 1 is 1.42 bits per heavy atom. The molecule has 1 aromatic carbocycles. The fourth-order valence-corrected chi connectivity index (χ4v) is 3.03. The van der Waals surface area contributed by atoms with E-state index in [4.69, 9.17) is 9.47 Å². The van der Waals surface area contributed by atoms with Crippen LogP contribution in [-0.4, -0.2) is 41.2 Å². The molecule has 0 spiro atoms. The standard InChI is InChI=1S/C20H23FN2O3/c1-15(26-18-7-2-6-17(21)11-18)20(24)23(14-19-8-4-10-25-19)13-16-5-3-9-22-12-16/h2-3,5-7,9,11-12,15,19H,4,8,10,13-14H2,1H3/t15-,19-/m0/s1. The maximum absolute atomic E-state index is 13.3. The summed E-state index contributed by atoms with van der Waals surface area (Å²) in [5.74, 6) is -0.216. The van der Waals surface area contributed by atoms with Crippen molar-refractivity contribution in [3.63, 3.8) is 0 Å². The number of carbonyl (C=O) groups excluding carboxylic acids is 1. The van der Waals surface area contributed by atoms with Crippen LogP contribution in [0, 0.1) is 5.82 Å². The van der Waals surface area contributed by atoms with Crippen LogP contribution in [0.25, 0.3) is 0 Å². The molecule has 0 saturated carbocycles. The molecule has 0 radical (unpaired) electrons. The van der Waals surface area contributed by atoms with Crippen LogP contribution in [-0.2, 0) is 16.1 Å². The van der Waals surface area contributed by atoms with Gasteiger partial charge in [-0.1, -0.05) is 12.1 Å². The van der Waals surface area contributed by atoms with Gasteiger partial charge >= 0.3 is 0 Å². The van der Waals surface area contributed by atoms with Gasteiger partial charge in [0.2, 0.25) is 0 Å². The van der Waals surface area contributed by atoms with E-state index in [1.54, 1.807) is 36.4 Å². The van der Waals surface area contributed by atoms with Crippen LogP contribution < -0.4 is 4.74 Å². The summed E-state index contributed by atoms with van der Waals surface area (Å²) in [5, 5.41) is 0. The Morgan fingerprint density at radius 2 is 2.31 bits per heavy atom. The van der Waals surface area contributed by atoms with Crippen LogP contribution in [0.1, 0.15) is 25.3 Å². The second-order valence-corrected chi connectivity index (χ2v) is 6.43. The molecule has 1 aliphatic heterocycles. The lowest BCUT2D eigenvalue weighted by atomic mass is 10.2. The van der Waals surface area contributed by atoms with E-state index in [1.165, 1.54) is 12.1 Å². The number of amides is 1. The summed E-state index contributed by atoms with van der Waals surface area (Å²) < 4.78 is 24.7. The molecule has 6 heteroatoms. The third-order valence-corrected chi connectivity index (χ3v) is 4.31. The Labute approximate surface area is 152 Å². The minimum Gasteiger partial charge on any atom is -0.481 e. The van der Waals surface area contributed by atoms with E-state index in [0.29, 0.717) is 18.8 Å². The van der Waals surface area contributed by atoms with Gasteiger partial charge in [-0.3, -0.25) is 9.78 Å². The van der Waals surface area contributed by atoms with Gasteiger partial charge in [0.25, 0.3) is 5.91 Å². The fourth-order valence-electron chi connectivity index (χ4n) is 3.03. The summed E-state index contributed by atoms with van der Waals surface area (Å²) in [5.41, 5.74) is 0.941. The summed E-state index contributed by atoms with van der Waals surface area (Å²) in [6.45, 7) is 3.35. The van der Waals surface area contributed by atoms with Crippen LogP contribution in [0.15, 0.2) is 48.8 Å². The van der Waals surface area contributed by atoms with Crippen molar-refractivity contribution in [3.05, 3.63) is 60.2 Å². The van der Waals surface area contributed by atoms with E-state index in [0.717, 1.165) is 25.0 Å². The minimum absolute atomic E-state index is 0.0389. The van der Waals surface area contributed by atoms with Crippen LogP contribution in [0.3, 0.4) is 0 Å². The molecule has 2 heterocycles. The van der Waals surface area contributed by atoms with Gasteiger partial charge < -0.3 is 14.4 Å². The molecule has 138 valence electrons. The van der Waals surface area contributed by atoms with Gasteiger partial charge in [-0.15, -0.1) is 0 Å². The Hall–Kier alpha value is -2.47. The second-order valence-electron chi connectivity index (χ2n) is 6.43. The molecule has 0 N–H and O–H groups in total. The molecular weight excluding hydrogens is 335 g/mol. The third-order valence-electron chi connectivity index (χ3n) is 4.31. The van der Waals surface area contributed by atoms with Crippen molar-refractivity contribution in [2.75, 3.05) is 13.2 Å². The van der Waals surface area contributed by atoms with Gasteiger partial charge in [0.05, 0.1) is 6.10 Å². The number of hydrogen-bond acceptors (Lipinski definition) is 4. The van der Waals surface area contributed by atoms with E-state index >= 15 is 0 Å². The minimum atomic E-state index is -0.727. The average Bonchev–Trinajstić information content (AvgIpc) is 3.14. The quantitative estimate of drug-likeness (QED) is 0.763. The molecule has 3 rings (SSSR count). The molecule has 0 bridgehead atoms. The molecule has 1 amide bonds. The molecule has 0 aliphatic carbocycles. The van der Waals surface area contributed by atoms with Crippen LogP contribution >= 0.6 is 0 Å². The van der Waals surface area contributed by atoms with E-state index < -0.39 is 11.9 Å². The van der Waals surface area contributed by atoms with Crippen LogP contribution in [0.2, 0.25) is 0 Å². The molecule has 0 unspecified atom stereocenters. The Balaban J connectivity index is 1.69. The largest absolute Gasteiger partial charge is 0.481 e. The molecule has 2 aromatic rings. The van der Waals surface area contributed by atoms with Gasteiger partial charge in [-0.05, 0) is 43.5 Å². The van der Waals surface area contributed by atoms with Crippen LogP contribution in [0.4, 0.5) is 4.39 Å². The number of ether oxygens (including phenoxy) is 2. The molecule has 2 atom stereocenters. The highest BCUT2D eigenvalue weighted by Crippen LogP contribution is 2.18. The van der Waals surface area contributed by atoms with Crippen molar-refractivity contribution in [1.29, 1.82) is 0 Å². The number of aromatic nitrogens is 1. The number of benzene rings is 1. The van der Waals surface area contributed by atoms with E-state index in [-0.39, 0.29) is 12.0 Å². The molecule has 26 heavy (non-hydrogen) atoms. The zero-order valence-electron chi connectivity index (χ0n) is 14.8. The monoisotopic (exact) mass is 358 g/mol. The highest BCUT2D eigenvalue weighted by atomic mass is 19.1. The highest BCUT2D eigenvalue weighted by molar-refractivity contribution is 5.81. The zero-order chi connectivity index (χ0) is 18.4. The number of hydrogen-bond donors (Lipinski definition) is 0. The zero-order valence-corrected chi connectivity index (χ0v) is 14.8. The topological polar surface area (TPSA) is 51.7 Å². The van der Waals surface area contributed by atoms with Crippen molar-refractivity contribution in [2.45, 2.75) is 38.5 Å². The molecule has 1 aromatic heterocycles. The first-order chi connectivity index (χ1) is 12.6. The SMILES string of the molecule is C[C@H](Oc1cccc(F)c1)C(=O)N(Cc1cccnc1)C[C@@H]1CCCO1. The summed E-state index contributed by atoms with van der Waals surface area (Å²) >= 11 is 0. The Morgan fingerprint density at radius 3 is 3.00 bits per heavy atom. The first-order valence-electron chi connectivity index (χ1n) is 8.83. The lowest BCUT2D eigenvalue weighted by Gasteiger charge is -2.28. The van der Waals surface area contributed by atoms with Crippen LogP contribution in [0.5, 0.6) is 5.75 Å². The van der Waals surface area contributed by atoms with Crippen molar-refractivity contribution < 1.29 is 18.7 Å².